The molecule has 2 aromatic rings. The summed E-state index contributed by atoms with van der Waals surface area (Å²) in [6, 6.07) is 12.4. The van der Waals surface area contributed by atoms with E-state index >= 15 is 0 Å². The van der Waals surface area contributed by atoms with E-state index in [1.54, 1.807) is 0 Å². The monoisotopic (exact) mass is 228 g/mol. The van der Waals surface area contributed by atoms with Crippen molar-refractivity contribution in [1.82, 2.24) is 4.98 Å². The van der Waals surface area contributed by atoms with E-state index in [0.29, 0.717) is 5.92 Å². The second kappa shape index (κ2) is 4.46. The summed E-state index contributed by atoms with van der Waals surface area (Å²) in [7, 11) is 0. The van der Waals surface area contributed by atoms with Crippen LogP contribution in [0.15, 0.2) is 36.4 Å². The van der Waals surface area contributed by atoms with Crippen LogP contribution in [0.1, 0.15) is 26.5 Å². The zero-order valence-electron chi connectivity index (χ0n) is 10.8. The van der Waals surface area contributed by atoms with E-state index in [4.69, 9.17) is 5.73 Å². The highest BCUT2D eigenvalue weighted by atomic mass is 14.8. The maximum atomic E-state index is 6.30. The lowest BCUT2D eigenvalue weighted by Gasteiger charge is -2.28. The van der Waals surface area contributed by atoms with Crippen molar-refractivity contribution in [3.05, 3.63) is 42.1 Å². The molecule has 2 nitrogen and oxygen atoms in total. The fourth-order valence-corrected chi connectivity index (χ4v) is 1.80. The number of hydrogen-bond donors (Lipinski definition) is 1. The van der Waals surface area contributed by atoms with Crippen LogP contribution in [-0.4, -0.2) is 10.5 Å². The smallest absolute Gasteiger partial charge is 0.0705 e. The lowest BCUT2D eigenvalue weighted by molar-refractivity contribution is 0.335. The van der Waals surface area contributed by atoms with E-state index in [1.165, 1.54) is 5.39 Å². The highest BCUT2D eigenvalue weighted by molar-refractivity contribution is 5.78. The van der Waals surface area contributed by atoms with Crippen molar-refractivity contribution in [3.63, 3.8) is 0 Å². The molecule has 2 heteroatoms. The van der Waals surface area contributed by atoms with Crippen LogP contribution in [0.3, 0.4) is 0 Å². The van der Waals surface area contributed by atoms with Gasteiger partial charge in [-0.2, -0.15) is 0 Å². The summed E-state index contributed by atoms with van der Waals surface area (Å²) < 4.78 is 0. The second-order valence-corrected chi connectivity index (χ2v) is 5.33. The summed E-state index contributed by atoms with van der Waals surface area (Å²) in [5.41, 5.74) is 8.21. The molecular formula is C15H20N2. The number of benzene rings is 1. The normalized spacial score (nSPS) is 15.1. The largest absolute Gasteiger partial charge is 0.325 e. The van der Waals surface area contributed by atoms with Gasteiger partial charge in [-0.25, -0.2) is 0 Å². The van der Waals surface area contributed by atoms with Crippen molar-refractivity contribution in [2.24, 2.45) is 11.7 Å². The van der Waals surface area contributed by atoms with Crippen molar-refractivity contribution in [2.75, 3.05) is 0 Å². The Balaban J connectivity index is 2.31. The van der Waals surface area contributed by atoms with Crippen molar-refractivity contribution in [2.45, 2.75) is 32.7 Å². The second-order valence-electron chi connectivity index (χ2n) is 5.33. The molecule has 0 aliphatic carbocycles. The number of aromatic nitrogens is 1. The molecule has 1 heterocycles. The van der Waals surface area contributed by atoms with Gasteiger partial charge in [0.25, 0.3) is 0 Å². The molecule has 2 N–H and O–H groups in total. The van der Waals surface area contributed by atoms with Crippen molar-refractivity contribution in [1.29, 1.82) is 0 Å². The summed E-state index contributed by atoms with van der Waals surface area (Å²) in [6.07, 6.45) is 0.815. The minimum Gasteiger partial charge on any atom is -0.325 e. The van der Waals surface area contributed by atoms with Gasteiger partial charge < -0.3 is 5.73 Å². The van der Waals surface area contributed by atoms with Gasteiger partial charge in [-0.1, -0.05) is 38.1 Å². The van der Waals surface area contributed by atoms with Crippen LogP contribution in [-0.2, 0) is 6.42 Å². The first-order chi connectivity index (χ1) is 7.99. The molecule has 1 aromatic carbocycles. The number of para-hydroxylation sites is 1. The van der Waals surface area contributed by atoms with Crippen LogP contribution in [0.25, 0.3) is 10.9 Å². The number of hydrogen-bond acceptors (Lipinski definition) is 2. The van der Waals surface area contributed by atoms with E-state index < -0.39 is 0 Å². The number of rotatable bonds is 3. The van der Waals surface area contributed by atoms with E-state index in [0.717, 1.165) is 17.6 Å². The maximum absolute atomic E-state index is 6.30. The molecule has 1 atom stereocenters. The first kappa shape index (κ1) is 12.1. The summed E-state index contributed by atoms with van der Waals surface area (Å²) in [6.45, 7) is 6.40. The highest BCUT2D eigenvalue weighted by Crippen LogP contribution is 2.20. The quantitative estimate of drug-likeness (QED) is 0.876. The number of fused-ring (bicyclic) bond motifs is 1. The fraction of sp³-hybridized carbons (Fsp3) is 0.400. The van der Waals surface area contributed by atoms with Gasteiger partial charge in [0, 0.05) is 23.0 Å². The molecule has 1 aromatic heterocycles. The molecular weight excluding hydrogens is 208 g/mol. The van der Waals surface area contributed by atoms with E-state index in [2.05, 4.69) is 44.0 Å². The van der Waals surface area contributed by atoms with Crippen LogP contribution in [0.5, 0.6) is 0 Å². The molecule has 90 valence electrons. The average molecular weight is 228 g/mol. The zero-order chi connectivity index (χ0) is 12.5. The molecule has 2 rings (SSSR count). The molecule has 0 aliphatic heterocycles. The number of pyridine rings is 1. The average Bonchev–Trinajstić information content (AvgIpc) is 2.28. The molecule has 0 aliphatic rings. The Morgan fingerprint density at radius 1 is 1.18 bits per heavy atom. The number of nitrogens with zero attached hydrogens (tertiary/aromatic N) is 1. The Kier molecular flexibility index (Phi) is 3.16. The molecule has 0 radical (unpaired) electrons. The fourth-order valence-electron chi connectivity index (χ4n) is 1.80. The first-order valence-corrected chi connectivity index (χ1v) is 6.12. The summed E-state index contributed by atoms with van der Waals surface area (Å²) >= 11 is 0. The van der Waals surface area contributed by atoms with Gasteiger partial charge in [-0.05, 0) is 25.0 Å². The highest BCUT2D eigenvalue weighted by Gasteiger charge is 2.23. The van der Waals surface area contributed by atoms with Crippen LogP contribution in [0.4, 0.5) is 0 Å². The molecule has 17 heavy (non-hydrogen) atoms. The molecule has 0 amide bonds. The van der Waals surface area contributed by atoms with Gasteiger partial charge in [-0.15, -0.1) is 0 Å². The van der Waals surface area contributed by atoms with Crippen molar-refractivity contribution in [3.8, 4) is 0 Å². The van der Waals surface area contributed by atoms with Crippen LogP contribution >= 0.6 is 0 Å². The minimum atomic E-state index is -0.199. The molecule has 0 spiro atoms. The lowest BCUT2D eigenvalue weighted by atomic mass is 9.85. The third kappa shape index (κ3) is 2.64. The Hall–Kier alpha value is -1.41. The predicted molar refractivity (Wildman–Crippen MR) is 72.9 cm³/mol. The maximum Gasteiger partial charge on any atom is 0.0705 e. The molecule has 0 fully saturated rings. The summed E-state index contributed by atoms with van der Waals surface area (Å²) in [5.74, 6) is 0.441. The molecule has 0 bridgehead atoms. The molecule has 0 saturated heterocycles. The van der Waals surface area contributed by atoms with E-state index in [1.807, 2.05) is 18.2 Å². The standard InChI is InChI=1S/C15H20N2/c1-11(2)15(3,16)10-13-9-8-12-6-4-5-7-14(12)17-13/h4-9,11H,10,16H2,1-3H3. The van der Waals surface area contributed by atoms with Gasteiger partial charge in [0.2, 0.25) is 0 Å². The van der Waals surface area contributed by atoms with Crippen LogP contribution < -0.4 is 5.73 Å². The van der Waals surface area contributed by atoms with E-state index in [-0.39, 0.29) is 5.54 Å². The predicted octanol–water partition coefficient (Wildman–Crippen LogP) is 3.15. The third-order valence-corrected chi connectivity index (χ3v) is 3.54. The Labute approximate surface area is 103 Å². The van der Waals surface area contributed by atoms with E-state index in [9.17, 15) is 0 Å². The first-order valence-electron chi connectivity index (χ1n) is 6.12. The topological polar surface area (TPSA) is 38.9 Å². The van der Waals surface area contributed by atoms with Gasteiger partial charge in [0.15, 0.2) is 0 Å². The zero-order valence-corrected chi connectivity index (χ0v) is 10.8. The van der Waals surface area contributed by atoms with Crippen molar-refractivity contribution < 1.29 is 0 Å². The summed E-state index contributed by atoms with van der Waals surface area (Å²) in [5, 5.41) is 1.18. The van der Waals surface area contributed by atoms with Gasteiger partial charge in [-0.3, -0.25) is 4.98 Å². The Bertz CT molecular complexity index is 515. The van der Waals surface area contributed by atoms with Gasteiger partial charge in [0.1, 0.15) is 0 Å². The third-order valence-electron chi connectivity index (χ3n) is 3.54. The van der Waals surface area contributed by atoms with Crippen molar-refractivity contribution >= 4 is 10.9 Å². The Morgan fingerprint density at radius 3 is 2.59 bits per heavy atom. The van der Waals surface area contributed by atoms with Crippen LogP contribution in [0, 0.1) is 5.92 Å². The molecule has 0 saturated carbocycles. The van der Waals surface area contributed by atoms with Crippen LogP contribution in [0.2, 0.25) is 0 Å². The summed E-state index contributed by atoms with van der Waals surface area (Å²) in [4.78, 5) is 4.66. The lowest BCUT2D eigenvalue weighted by Crippen LogP contribution is -2.44. The molecule has 1 unspecified atom stereocenters. The minimum absolute atomic E-state index is 0.199. The van der Waals surface area contributed by atoms with Gasteiger partial charge >= 0.3 is 0 Å². The SMILES string of the molecule is CC(C)C(C)(N)Cc1ccc2ccccc2n1. The van der Waals surface area contributed by atoms with Gasteiger partial charge in [0.05, 0.1) is 5.52 Å². The number of nitrogens with two attached hydrogens (primary N) is 1. The Morgan fingerprint density at radius 2 is 1.88 bits per heavy atom.